The Bertz CT molecular complexity index is 772. The first-order chi connectivity index (χ1) is 17.5. The molecule has 0 fully saturated rings. The van der Waals surface area contributed by atoms with Crippen molar-refractivity contribution in [3.63, 3.8) is 0 Å². The Balaban J connectivity index is 5.00. The second-order valence-electron chi connectivity index (χ2n) is 12.1. The zero-order valence-electron chi connectivity index (χ0n) is 24.8. The first-order valence-electron chi connectivity index (χ1n) is 14.1. The fourth-order valence-corrected chi connectivity index (χ4v) is 3.94. The molecule has 0 amide bonds. The molecule has 0 saturated heterocycles. The highest BCUT2D eigenvalue weighted by Gasteiger charge is 2.51. The Morgan fingerprint density at radius 2 is 1.26 bits per heavy atom. The van der Waals surface area contributed by atoms with Crippen molar-refractivity contribution in [2.75, 3.05) is 0 Å². The summed E-state index contributed by atoms with van der Waals surface area (Å²) in [5.74, 6) is -5.07. The van der Waals surface area contributed by atoms with Gasteiger partial charge < -0.3 is 19.7 Å². The molecular formula is C30H52O8. The molecule has 2 N–H and O–H groups in total. The van der Waals surface area contributed by atoms with Gasteiger partial charge in [0.25, 0.3) is 0 Å². The lowest BCUT2D eigenvalue weighted by atomic mass is 9.83. The fraction of sp³-hybridized carbons (Fsp3) is 0.800. The maximum Gasteiger partial charge on any atom is 0.340 e. The largest absolute Gasteiger partial charge is 0.481 e. The molecule has 0 aliphatic rings. The molecule has 8 heteroatoms. The minimum atomic E-state index is -2.65. The molecule has 38 heavy (non-hydrogen) atoms. The molecule has 2 atom stereocenters. The minimum Gasteiger partial charge on any atom is -0.481 e. The van der Waals surface area contributed by atoms with Crippen LogP contribution in [0.4, 0.5) is 0 Å². The second-order valence-corrected chi connectivity index (χ2v) is 12.1. The van der Waals surface area contributed by atoms with E-state index < -0.39 is 47.0 Å². The molecule has 0 rings (SSSR count). The third-order valence-electron chi connectivity index (χ3n) is 5.83. The van der Waals surface area contributed by atoms with E-state index in [1.807, 2.05) is 0 Å². The molecule has 0 aliphatic carbocycles. The van der Waals surface area contributed by atoms with Crippen LogP contribution in [0.2, 0.25) is 0 Å². The molecule has 220 valence electrons. The average molecular weight is 541 g/mol. The van der Waals surface area contributed by atoms with Crippen LogP contribution in [0.25, 0.3) is 0 Å². The number of esters is 2. The van der Waals surface area contributed by atoms with Gasteiger partial charge in [0.15, 0.2) is 5.60 Å². The van der Waals surface area contributed by atoms with Gasteiger partial charge in [-0.2, -0.15) is 0 Å². The van der Waals surface area contributed by atoms with Crippen molar-refractivity contribution in [3.8, 4) is 0 Å². The van der Waals surface area contributed by atoms with Crippen LogP contribution in [0.1, 0.15) is 132 Å². The highest BCUT2D eigenvalue weighted by atomic mass is 16.6. The van der Waals surface area contributed by atoms with E-state index in [1.165, 1.54) is 38.2 Å². The molecule has 0 saturated carbocycles. The van der Waals surface area contributed by atoms with Crippen molar-refractivity contribution in [2.45, 2.75) is 149 Å². The van der Waals surface area contributed by atoms with Gasteiger partial charge in [-0.25, -0.2) is 4.79 Å². The molecule has 0 unspecified atom stereocenters. The number of unbranched alkanes of at least 4 members (excludes halogenated alkanes) is 8. The molecule has 0 bridgehead atoms. The van der Waals surface area contributed by atoms with Crippen molar-refractivity contribution < 1.29 is 38.9 Å². The van der Waals surface area contributed by atoms with E-state index in [1.54, 1.807) is 47.6 Å². The van der Waals surface area contributed by atoms with Crippen LogP contribution in [-0.2, 0) is 28.7 Å². The lowest BCUT2D eigenvalue weighted by Gasteiger charge is -2.33. The topological polar surface area (TPSA) is 127 Å². The van der Waals surface area contributed by atoms with Crippen LogP contribution in [0.5, 0.6) is 0 Å². The molecular weight excluding hydrogens is 488 g/mol. The number of carbonyl (C=O) groups excluding carboxylic acids is 3. The van der Waals surface area contributed by atoms with Crippen LogP contribution in [0.3, 0.4) is 0 Å². The monoisotopic (exact) mass is 540 g/mol. The van der Waals surface area contributed by atoms with Crippen LogP contribution >= 0.6 is 0 Å². The van der Waals surface area contributed by atoms with Gasteiger partial charge >= 0.3 is 17.9 Å². The SMILES string of the molecule is CCCCCCCCCC(=O)CCCC/C=C/[C@H](C(=O)O)[C@@](O)(CC(=O)OC(C)(C)C)C(=O)OC(C)(C)C. The fourth-order valence-electron chi connectivity index (χ4n) is 3.94. The number of rotatable bonds is 19. The Hall–Kier alpha value is -2.22. The van der Waals surface area contributed by atoms with Crippen molar-refractivity contribution in [2.24, 2.45) is 5.92 Å². The quantitative estimate of drug-likeness (QED) is 0.111. The van der Waals surface area contributed by atoms with Gasteiger partial charge in [0.05, 0.1) is 6.42 Å². The minimum absolute atomic E-state index is 0.239. The number of carboxylic acid groups (broad SMARTS) is 1. The average Bonchev–Trinajstić information content (AvgIpc) is 2.74. The molecule has 0 aromatic rings. The summed E-state index contributed by atoms with van der Waals surface area (Å²) < 4.78 is 10.5. The number of allylic oxidation sites excluding steroid dienone is 1. The van der Waals surface area contributed by atoms with Gasteiger partial charge in [0.2, 0.25) is 0 Å². The number of hydrogen-bond acceptors (Lipinski definition) is 7. The summed E-state index contributed by atoms with van der Waals surface area (Å²) in [7, 11) is 0. The van der Waals surface area contributed by atoms with Crippen molar-refractivity contribution in [1.29, 1.82) is 0 Å². The summed E-state index contributed by atoms with van der Waals surface area (Å²) in [4.78, 5) is 49.5. The summed E-state index contributed by atoms with van der Waals surface area (Å²) in [6.07, 6.45) is 12.9. The number of carbonyl (C=O) groups is 4. The first kappa shape index (κ1) is 35.8. The zero-order chi connectivity index (χ0) is 29.4. The predicted octanol–water partition coefficient (Wildman–Crippen LogP) is 6.32. The van der Waals surface area contributed by atoms with E-state index in [0.29, 0.717) is 32.1 Å². The molecule has 8 nitrogen and oxygen atoms in total. The Morgan fingerprint density at radius 1 is 0.763 bits per heavy atom. The Labute approximate surface area is 229 Å². The zero-order valence-corrected chi connectivity index (χ0v) is 24.8. The molecule has 0 aromatic carbocycles. The van der Waals surface area contributed by atoms with Crippen molar-refractivity contribution >= 4 is 23.7 Å². The number of carboxylic acids is 1. The normalized spacial score (nSPS) is 14.6. The number of Topliss-reactive ketones (excluding diaryl/α,β-unsaturated/α-hetero) is 1. The van der Waals surface area contributed by atoms with Crippen LogP contribution in [0, 0.1) is 5.92 Å². The van der Waals surface area contributed by atoms with Gasteiger partial charge in [-0.15, -0.1) is 0 Å². The number of ether oxygens (including phenoxy) is 2. The number of aliphatic hydroxyl groups is 1. The first-order valence-corrected chi connectivity index (χ1v) is 14.1. The van der Waals surface area contributed by atoms with Gasteiger partial charge in [-0.1, -0.05) is 57.6 Å². The van der Waals surface area contributed by atoms with E-state index in [2.05, 4.69) is 6.92 Å². The number of ketones is 1. The standard InChI is InChI=1S/C30H52O8/c1-8-9-10-11-12-13-16-19-23(31)20-17-14-15-18-21-24(26(33)34)30(36,27(35)38-29(5,6)7)22-25(32)37-28(2,3)4/h18,21,24,36H,8-17,19-20,22H2,1-7H3,(H,33,34)/b21-18+/t24-,30+/m1/s1. The second kappa shape index (κ2) is 17.4. The lowest BCUT2D eigenvalue weighted by Crippen LogP contribution is -2.53. The lowest BCUT2D eigenvalue weighted by molar-refractivity contribution is -0.192. The molecule has 0 heterocycles. The molecule has 0 aliphatic heterocycles. The van der Waals surface area contributed by atoms with E-state index in [-0.39, 0.29) is 5.78 Å². The third kappa shape index (κ3) is 16.6. The third-order valence-corrected chi connectivity index (χ3v) is 5.83. The van der Waals surface area contributed by atoms with E-state index >= 15 is 0 Å². The Kier molecular flexibility index (Phi) is 16.4. The summed E-state index contributed by atoms with van der Waals surface area (Å²) in [5.41, 5.74) is -4.54. The van der Waals surface area contributed by atoms with Gasteiger partial charge in [0.1, 0.15) is 22.9 Å². The summed E-state index contributed by atoms with van der Waals surface area (Å²) in [6, 6.07) is 0. The van der Waals surface area contributed by atoms with Crippen molar-refractivity contribution in [1.82, 2.24) is 0 Å². The predicted molar refractivity (Wildman–Crippen MR) is 148 cm³/mol. The van der Waals surface area contributed by atoms with Gasteiger partial charge in [0, 0.05) is 12.8 Å². The van der Waals surface area contributed by atoms with Gasteiger partial charge in [-0.05, 0) is 67.2 Å². The number of hydrogen-bond donors (Lipinski definition) is 2. The molecule has 0 radical (unpaired) electrons. The van der Waals surface area contributed by atoms with Crippen molar-refractivity contribution in [3.05, 3.63) is 12.2 Å². The molecule has 0 spiro atoms. The summed E-state index contributed by atoms with van der Waals surface area (Å²) in [6.45, 7) is 11.8. The highest BCUT2D eigenvalue weighted by Crippen LogP contribution is 2.29. The highest BCUT2D eigenvalue weighted by molar-refractivity contribution is 5.92. The smallest absolute Gasteiger partial charge is 0.340 e. The van der Waals surface area contributed by atoms with E-state index in [4.69, 9.17) is 9.47 Å². The van der Waals surface area contributed by atoms with Gasteiger partial charge in [-0.3, -0.25) is 14.4 Å². The van der Waals surface area contributed by atoms with E-state index in [0.717, 1.165) is 12.8 Å². The number of aliphatic carboxylic acids is 1. The summed E-state index contributed by atoms with van der Waals surface area (Å²) >= 11 is 0. The summed E-state index contributed by atoms with van der Waals surface area (Å²) in [5, 5.41) is 21.1. The molecule has 0 aromatic heterocycles. The van der Waals surface area contributed by atoms with Crippen LogP contribution in [0.15, 0.2) is 12.2 Å². The van der Waals surface area contributed by atoms with E-state index in [9.17, 15) is 29.4 Å². The Morgan fingerprint density at radius 3 is 1.76 bits per heavy atom. The van der Waals surface area contributed by atoms with Crippen LogP contribution < -0.4 is 0 Å². The van der Waals surface area contributed by atoms with Crippen LogP contribution in [-0.4, -0.2) is 50.7 Å². The maximum absolute atomic E-state index is 12.9. The maximum atomic E-state index is 12.9.